The third-order valence-corrected chi connectivity index (χ3v) is 8.52. The fraction of sp³-hybridized carbons (Fsp3) is 0.409. The molecule has 3 aromatic rings. The minimum Gasteiger partial charge on any atom is -0.506 e. The summed E-state index contributed by atoms with van der Waals surface area (Å²) in [5.41, 5.74) is 0.459. The molecule has 0 saturated carbocycles. The van der Waals surface area contributed by atoms with E-state index in [-0.39, 0.29) is 33.3 Å². The molecule has 8 N–H and O–H groups in total. The molecule has 1 aliphatic heterocycles. The lowest BCUT2D eigenvalue weighted by molar-refractivity contribution is -0.104. The summed E-state index contributed by atoms with van der Waals surface area (Å²) in [6.45, 7) is -0.644. The molecule has 1 saturated heterocycles. The molecule has 0 spiro atoms. The third-order valence-electron chi connectivity index (χ3n) is 6.85. The highest BCUT2D eigenvalue weighted by Gasteiger charge is 2.49. The summed E-state index contributed by atoms with van der Waals surface area (Å²) in [6, 6.07) is 2.47. The van der Waals surface area contributed by atoms with Gasteiger partial charge in [0.2, 0.25) is 5.28 Å². The number of aliphatic hydroxyl groups excluding tert-OH is 5. The van der Waals surface area contributed by atoms with Gasteiger partial charge in [0.05, 0.1) is 24.8 Å². The number of aromatic nitrogens is 4. The predicted octanol–water partition coefficient (Wildman–Crippen LogP) is 1.09. The minimum atomic E-state index is -4.92. The molecule has 6 atom stereocenters. The van der Waals surface area contributed by atoms with E-state index < -0.39 is 74.1 Å². The summed E-state index contributed by atoms with van der Waals surface area (Å²) >= 11 is 6.13. The van der Waals surface area contributed by atoms with Crippen molar-refractivity contribution in [3.05, 3.63) is 52.4 Å². The Morgan fingerprint density at radius 1 is 1.25 bits per heavy atom. The molecule has 0 bridgehead atoms. The highest BCUT2D eigenvalue weighted by atomic mass is 35.5. The molecular formula is C22H24ClFN5O10P. The Morgan fingerprint density at radius 3 is 2.65 bits per heavy atom. The van der Waals surface area contributed by atoms with E-state index in [4.69, 9.17) is 21.1 Å². The normalized spacial score (nSPS) is 26.4. The van der Waals surface area contributed by atoms with E-state index in [0.29, 0.717) is 0 Å². The van der Waals surface area contributed by atoms with Crippen LogP contribution in [0.3, 0.4) is 0 Å². The number of ether oxygens (including phenoxy) is 2. The van der Waals surface area contributed by atoms with Gasteiger partial charge < -0.3 is 50.1 Å². The Balaban J connectivity index is 1.43. The summed E-state index contributed by atoms with van der Waals surface area (Å²) in [5.74, 6) is -1.51. The zero-order valence-electron chi connectivity index (χ0n) is 20.5. The molecule has 1 aliphatic carbocycles. The predicted molar refractivity (Wildman–Crippen MR) is 135 cm³/mol. The molecule has 2 aromatic heterocycles. The molecule has 18 heteroatoms. The fourth-order valence-electron chi connectivity index (χ4n) is 4.44. The number of fused-ring (bicyclic) bond motifs is 2. The average Bonchev–Trinajstić information content (AvgIpc) is 3.51. The number of benzene rings is 1. The van der Waals surface area contributed by atoms with E-state index in [1.54, 1.807) is 0 Å². The van der Waals surface area contributed by atoms with Crippen LogP contribution in [0.25, 0.3) is 16.8 Å². The Kier molecular flexibility index (Phi) is 7.27. The van der Waals surface area contributed by atoms with E-state index in [1.165, 1.54) is 12.3 Å². The van der Waals surface area contributed by atoms with Crippen LogP contribution in [-0.4, -0.2) is 91.9 Å². The van der Waals surface area contributed by atoms with Crippen LogP contribution >= 0.6 is 19.2 Å². The lowest BCUT2D eigenvalue weighted by atomic mass is 10.1. The Bertz CT molecular complexity index is 1550. The van der Waals surface area contributed by atoms with Crippen molar-refractivity contribution in [3.63, 3.8) is 0 Å². The van der Waals surface area contributed by atoms with Gasteiger partial charge in [0.15, 0.2) is 28.7 Å². The number of hydrogen-bond donors (Lipinski definition) is 8. The first-order valence-electron chi connectivity index (χ1n) is 11.7. The summed E-state index contributed by atoms with van der Waals surface area (Å²) in [4.78, 5) is 27.2. The molecule has 0 amide bonds. The monoisotopic (exact) mass is 603 g/mol. The van der Waals surface area contributed by atoms with E-state index in [9.17, 15) is 44.3 Å². The first-order chi connectivity index (χ1) is 18.8. The number of nitrogens with one attached hydrogen (secondary N) is 1. The summed E-state index contributed by atoms with van der Waals surface area (Å²) in [7, 11) is -4.92. The van der Waals surface area contributed by atoms with Gasteiger partial charge in [-0.1, -0.05) is 0 Å². The third kappa shape index (κ3) is 4.70. The number of aliphatic hydroxyl groups is 5. The Morgan fingerprint density at radius 2 is 1.98 bits per heavy atom. The highest BCUT2D eigenvalue weighted by Crippen LogP contribution is 2.51. The van der Waals surface area contributed by atoms with E-state index in [2.05, 4.69) is 20.4 Å². The zero-order chi connectivity index (χ0) is 29.1. The zero-order valence-corrected chi connectivity index (χ0v) is 22.1. The maximum atomic E-state index is 13.9. The maximum Gasteiger partial charge on any atom is 0.359 e. The van der Waals surface area contributed by atoms with Gasteiger partial charge in [-0.05, 0) is 42.3 Å². The smallest absolute Gasteiger partial charge is 0.359 e. The SMILES string of the molecule is C[C@](CO)(OC[C@H]1O[C@@H](n2ncc3c(N[C@H]4C(O)=C(O)c5ccc(F)cc54)nc(Cl)nc32)[C@H](O)[C@@H]1O)P(=O)(O)O. The molecule has 0 unspecified atom stereocenters. The second-order valence-electron chi connectivity index (χ2n) is 9.44. The van der Waals surface area contributed by atoms with Crippen LogP contribution in [0.2, 0.25) is 5.28 Å². The summed E-state index contributed by atoms with van der Waals surface area (Å²) < 4.78 is 37.6. The first-order valence-corrected chi connectivity index (χ1v) is 13.7. The molecule has 5 rings (SSSR count). The highest BCUT2D eigenvalue weighted by molar-refractivity contribution is 7.53. The lowest BCUT2D eigenvalue weighted by Crippen LogP contribution is -2.39. The molecule has 3 heterocycles. The van der Waals surface area contributed by atoms with Gasteiger partial charge in [-0.2, -0.15) is 15.1 Å². The topological polar surface area (TPSA) is 233 Å². The van der Waals surface area contributed by atoms with Crippen molar-refractivity contribution in [1.82, 2.24) is 19.7 Å². The van der Waals surface area contributed by atoms with Crippen molar-refractivity contribution in [1.29, 1.82) is 0 Å². The van der Waals surface area contributed by atoms with E-state index >= 15 is 0 Å². The van der Waals surface area contributed by atoms with Gasteiger partial charge in [-0.15, -0.1) is 0 Å². The van der Waals surface area contributed by atoms with Gasteiger partial charge in [0.1, 0.15) is 36.0 Å². The van der Waals surface area contributed by atoms with Crippen molar-refractivity contribution >= 4 is 41.8 Å². The summed E-state index contributed by atoms with van der Waals surface area (Å²) in [6.07, 6.45) is -4.57. The largest absolute Gasteiger partial charge is 0.506 e. The van der Waals surface area contributed by atoms with Crippen LogP contribution in [0, 0.1) is 5.82 Å². The van der Waals surface area contributed by atoms with Gasteiger partial charge in [-0.25, -0.2) is 9.07 Å². The molecule has 15 nitrogen and oxygen atoms in total. The number of nitrogens with zero attached hydrogens (tertiary/aromatic N) is 4. The van der Waals surface area contributed by atoms with Crippen LogP contribution < -0.4 is 5.32 Å². The van der Waals surface area contributed by atoms with Gasteiger partial charge in [0.25, 0.3) is 0 Å². The number of rotatable bonds is 8. The van der Waals surface area contributed by atoms with Crippen molar-refractivity contribution in [2.75, 3.05) is 18.5 Å². The quantitative estimate of drug-likeness (QED) is 0.133. The van der Waals surface area contributed by atoms with Crippen LogP contribution in [-0.2, 0) is 14.0 Å². The number of hydrogen-bond acceptors (Lipinski definition) is 12. The molecule has 216 valence electrons. The Labute approximate surface area is 229 Å². The van der Waals surface area contributed by atoms with Crippen LogP contribution in [0.15, 0.2) is 30.2 Å². The van der Waals surface area contributed by atoms with Gasteiger partial charge >= 0.3 is 7.60 Å². The van der Waals surface area contributed by atoms with Gasteiger partial charge in [-0.3, -0.25) is 4.57 Å². The van der Waals surface area contributed by atoms with Crippen LogP contribution in [0.4, 0.5) is 10.2 Å². The molecule has 2 aliphatic rings. The van der Waals surface area contributed by atoms with E-state index in [0.717, 1.165) is 23.7 Å². The second kappa shape index (κ2) is 10.2. The standard InChI is InChI=1S/C22H24ClFN5O10P/c1-22(7-30,40(35,36)37)38-6-12-15(32)17(34)20(39-12)29-19-11(5-25-29)18(27-21(23)28-19)26-13-10-4-8(24)2-3-9(10)14(31)16(13)33/h2-5,12-13,15,17,20,30-34H,6-7H2,1H3,(H,26,27,28)(H2,35,36,37)/t12-,13-,15-,17-,20-,22+/m1/s1. The number of anilines is 1. The van der Waals surface area contributed by atoms with Gasteiger partial charge in [0, 0.05) is 5.56 Å². The molecule has 40 heavy (non-hydrogen) atoms. The number of halogens is 2. The molecule has 1 fully saturated rings. The van der Waals surface area contributed by atoms with E-state index in [1.807, 2.05) is 0 Å². The first kappa shape index (κ1) is 28.6. The summed E-state index contributed by atoms with van der Waals surface area (Å²) in [5, 5.41) is 56.1. The molecule has 1 aromatic carbocycles. The molecule has 0 radical (unpaired) electrons. The average molecular weight is 604 g/mol. The van der Waals surface area contributed by atoms with Crippen LogP contribution in [0.5, 0.6) is 0 Å². The van der Waals surface area contributed by atoms with Crippen molar-refractivity contribution in [2.45, 2.75) is 42.8 Å². The Hall–Kier alpha value is -2.92. The maximum absolute atomic E-state index is 13.9. The van der Waals surface area contributed by atoms with Crippen LogP contribution in [0.1, 0.15) is 30.3 Å². The van der Waals surface area contributed by atoms with Crippen molar-refractivity contribution in [2.24, 2.45) is 0 Å². The van der Waals surface area contributed by atoms with Crippen molar-refractivity contribution in [3.8, 4) is 0 Å². The fourth-order valence-corrected chi connectivity index (χ4v) is 5.03. The lowest BCUT2D eigenvalue weighted by Gasteiger charge is -2.29. The second-order valence-corrected chi connectivity index (χ2v) is 11.8. The minimum absolute atomic E-state index is 0.0147. The molecular weight excluding hydrogens is 580 g/mol. The van der Waals surface area contributed by atoms with Crippen molar-refractivity contribution < 1.29 is 53.7 Å².